The number of carbonyl (C=O) groups is 4. The maximum absolute atomic E-state index is 14.1. The van der Waals surface area contributed by atoms with E-state index in [-0.39, 0.29) is 54.3 Å². The Morgan fingerprint density at radius 2 is 1.67 bits per heavy atom. The number of carbonyl (C=O) groups excluding carboxylic acids is 4. The van der Waals surface area contributed by atoms with E-state index in [0.29, 0.717) is 37.6 Å². The zero-order chi connectivity index (χ0) is 41.7. The number of alkyl halides is 3. The SMILES string of the molecule is CN(C)C(=O)COC(=O)c1ccc(N2CCN(C(=O)[C@@H](Cc3cc(Cl)c(N)c(C(F)(F)F)c3)OC(=O)N3CCC(n4nc(-c5ccccc5)[nH]c4=O)CC3)CC2)nc1. The lowest BCUT2D eigenvalue weighted by Gasteiger charge is -2.37. The maximum Gasteiger partial charge on any atom is 0.418 e. The Morgan fingerprint density at radius 3 is 2.29 bits per heavy atom. The highest BCUT2D eigenvalue weighted by Gasteiger charge is 2.37. The molecule has 20 heteroatoms. The zero-order valence-electron chi connectivity index (χ0n) is 31.6. The molecular weight excluding hydrogens is 787 g/mol. The van der Waals surface area contributed by atoms with E-state index in [1.807, 2.05) is 35.2 Å². The lowest BCUT2D eigenvalue weighted by atomic mass is 10.0. The number of piperazine rings is 1. The van der Waals surface area contributed by atoms with Crippen molar-refractivity contribution in [2.75, 3.05) is 70.6 Å². The molecule has 3 amide bonds. The highest BCUT2D eigenvalue weighted by molar-refractivity contribution is 6.33. The van der Waals surface area contributed by atoms with Crippen LogP contribution in [0.15, 0.2) is 65.6 Å². The molecule has 2 saturated heterocycles. The maximum atomic E-state index is 14.1. The number of hydrogen-bond acceptors (Lipinski definition) is 11. The number of amides is 3. The van der Waals surface area contributed by atoms with Crippen molar-refractivity contribution in [3.05, 3.63) is 93.0 Å². The molecule has 4 aromatic rings. The van der Waals surface area contributed by atoms with Crippen LogP contribution in [0.25, 0.3) is 11.4 Å². The normalized spacial score (nSPS) is 15.5. The Kier molecular flexibility index (Phi) is 12.6. The summed E-state index contributed by atoms with van der Waals surface area (Å²) in [5.74, 6) is -0.810. The first-order chi connectivity index (χ1) is 27.6. The van der Waals surface area contributed by atoms with Gasteiger partial charge in [0.15, 0.2) is 18.5 Å². The third kappa shape index (κ3) is 9.70. The van der Waals surface area contributed by atoms with Crippen molar-refractivity contribution in [2.45, 2.75) is 37.6 Å². The minimum Gasteiger partial charge on any atom is -0.452 e. The molecule has 0 bridgehead atoms. The second kappa shape index (κ2) is 17.6. The Labute approximate surface area is 335 Å². The van der Waals surface area contributed by atoms with Gasteiger partial charge in [0.25, 0.3) is 11.8 Å². The largest absolute Gasteiger partial charge is 0.452 e. The minimum atomic E-state index is -4.84. The monoisotopic (exact) mass is 827 g/mol. The van der Waals surface area contributed by atoms with Crippen LogP contribution in [0.1, 0.15) is 40.4 Å². The summed E-state index contributed by atoms with van der Waals surface area (Å²) in [4.78, 5) is 77.6. The summed E-state index contributed by atoms with van der Waals surface area (Å²) in [6.45, 7) is 0.778. The molecule has 0 spiro atoms. The summed E-state index contributed by atoms with van der Waals surface area (Å²) in [6.07, 6.45) is -5.61. The van der Waals surface area contributed by atoms with E-state index in [9.17, 15) is 37.1 Å². The number of nitrogen functional groups attached to an aromatic ring is 1. The van der Waals surface area contributed by atoms with Gasteiger partial charge < -0.3 is 34.8 Å². The number of anilines is 2. The van der Waals surface area contributed by atoms with E-state index in [1.165, 1.54) is 51.8 Å². The molecule has 0 aliphatic carbocycles. The average Bonchev–Trinajstić information content (AvgIpc) is 3.61. The van der Waals surface area contributed by atoms with Gasteiger partial charge in [0.1, 0.15) is 5.82 Å². The third-order valence-corrected chi connectivity index (χ3v) is 10.2. The van der Waals surface area contributed by atoms with Gasteiger partial charge in [0.2, 0.25) is 0 Å². The molecule has 2 aliphatic rings. The lowest BCUT2D eigenvalue weighted by molar-refractivity contribution is -0.141. The number of aromatic amines is 1. The fourth-order valence-electron chi connectivity index (χ4n) is 6.61. The van der Waals surface area contributed by atoms with E-state index >= 15 is 0 Å². The first-order valence-electron chi connectivity index (χ1n) is 18.3. The van der Waals surface area contributed by atoms with Crippen molar-refractivity contribution in [2.24, 2.45) is 0 Å². The third-order valence-electron chi connectivity index (χ3n) is 9.92. The number of piperidine rings is 1. The molecule has 0 saturated carbocycles. The fourth-order valence-corrected chi connectivity index (χ4v) is 6.85. The quantitative estimate of drug-likeness (QED) is 0.175. The molecule has 0 unspecified atom stereocenters. The topological polar surface area (TPSA) is 189 Å². The van der Waals surface area contributed by atoms with E-state index in [1.54, 1.807) is 6.07 Å². The number of ether oxygens (including phenoxy) is 2. The number of nitrogens with one attached hydrogen (secondary N) is 1. The molecular formula is C38H41ClF3N9O7. The molecule has 6 rings (SSSR count). The van der Waals surface area contributed by atoms with Gasteiger partial charge in [-0.15, -0.1) is 5.10 Å². The van der Waals surface area contributed by atoms with Crippen LogP contribution in [-0.4, -0.2) is 124 Å². The van der Waals surface area contributed by atoms with Gasteiger partial charge in [-0.05, 0) is 42.7 Å². The van der Waals surface area contributed by atoms with Crippen LogP contribution in [-0.2, 0) is 31.7 Å². The molecule has 2 aromatic heterocycles. The van der Waals surface area contributed by atoms with Crippen LogP contribution in [0.5, 0.6) is 0 Å². The number of halogens is 4. The molecule has 2 aromatic carbocycles. The number of benzene rings is 2. The summed E-state index contributed by atoms with van der Waals surface area (Å²) in [6, 6.07) is 13.9. The Morgan fingerprint density at radius 1 is 0.983 bits per heavy atom. The first-order valence-corrected chi connectivity index (χ1v) is 18.7. The lowest BCUT2D eigenvalue weighted by Crippen LogP contribution is -2.53. The van der Waals surface area contributed by atoms with Crippen LogP contribution in [0, 0.1) is 0 Å². The van der Waals surface area contributed by atoms with Crippen LogP contribution in [0.3, 0.4) is 0 Å². The Hall–Kier alpha value is -6.11. The number of pyridine rings is 1. The van der Waals surface area contributed by atoms with Crippen molar-refractivity contribution in [1.82, 2.24) is 34.4 Å². The standard InChI is InChI=1S/C38H41ClF3N9O7/c1-47(2)31(52)22-57-35(54)25-8-9-30(44-21-25)48-14-16-49(17-15-48)34(53)29(20-23-18-27(38(40,41)42)32(43)28(39)19-23)58-37(56)50-12-10-26(11-13-50)51-36(55)45-33(46-51)24-6-4-3-5-7-24/h3-9,18-19,21,26,29H,10-17,20,22,43H2,1-2H3,(H,45,46,55)/t29-/m1/s1. The number of nitrogens with two attached hydrogens (primary N) is 1. The van der Waals surface area contributed by atoms with Gasteiger partial charge in [-0.1, -0.05) is 41.9 Å². The molecule has 308 valence electrons. The number of hydrogen-bond donors (Lipinski definition) is 2. The number of aromatic nitrogens is 4. The number of nitrogens with zero attached hydrogens (tertiary/aromatic N) is 7. The predicted molar refractivity (Wildman–Crippen MR) is 205 cm³/mol. The van der Waals surface area contributed by atoms with Gasteiger partial charge >= 0.3 is 23.9 Å². The molecule has 58 heavy (non-hydrogen) atoms. The van der Waals surface area contributed by atoms with Crippen molar-refractivity contribution in [1.29, 1.82) is 0 Å². The predicted octanol–water partition coefficient (Wildman–Crippen LogP) is 3.87. The minimum absolute atomic E-state index is 0.0176. The highest BCUT2D eigenvalue weighted by atomic mass is 35.5. The number of likely N-dealkylation sites (tertiary alicyclic amines) is 1. The fraction of sp³-hybridized carbons (Fsp3) is 0.395. The van der Waals surface area contributed by atoms with Gasteiger partial charge in [0.05, 0.1) is 27.9 Å². The van der Waals surface area contributed by atoms with Gasteiger partial charge in [-0.25, -0.2) is 24.0 Å². The molecule has 4 heterocycles. The van der Waals surface area contributed by atoms with E-state index in [4.69, 9.17) is 26.8 Å². The second-order valence-electron chi connectivity index (χ2n) is 14.0. The number of rotatable bonds is 10. The van der Waals surface area contributed by atoms with E-state index < -0.39 is 60.2 Å². The summed E-state index contributed by atoms with van der Waals surface area (Å²) in [7, 11) is 3.08. The van der Waals surface area contributed by atoms with Gasteiger partial charge in [-0.3, -0.25) is 14.6 Å². The number of H-pyrrole nitrogens is 1. The molecule has 1 atom stereocenters. The molecule has 2 fully saturated rings. The summed E-state index contributed by atoms with van der Waals surface area (Å²) in [5.41, 5.74) is 4.26. The molecule has 0 radical (unpaired) electrons. The molecule has 16 nitrogen and oxygen atoms in total. The van der Waals surface area contributed by atoms with E-state index in [0.717, 1.165) is 11.6 Å². The Bertz CT molecular complexity index is 2180. The van der Waals surface area contributed by atoms with Gasteiger partial charge in [0, 0.05) is 71.5 Å². The second-order valence-corrected chi connectivity index (χ2v) is 14.4. The zero-order valence-corrected chi connectivity index (χ0v) is 32.3. The highest BCUT2D eigenvalue weighted by Crippen LogP contribution is 2.38. The van der Waals surface area contributed by atoms with Crippen LogP contribution >= 0.6 is 11.6 Å². The molecule has 2 aliphatic heterocycles. The molecule has 3 N–H and O–H groups in total. The van der Waals surface area contributed by atoms with Crippen LogP contribution in [0.4, 0.5) is 29.5 Å². The average molecular weight is 828 g/mol. The van der Waals surface area contributed by atoms with Crippen molar-refractivity contribution in [3.63, 3.8) is 0 Å². The van der Waals surface area contributed by atoms with E-state index in [2.05, 4.69) is 15.1 Å². The summed E-state index contributed by atoms with van der Waals surface area (Å²) in [5, 5.41) is 4.10. The van der Waals surface area contributed by atoms with Crippen molar-refractivity contribution < 1.29 is 41.8 Å². The number of esters is 1. The smallest absolute Gasteiger partial charge is 0.418 e. The summed E-state index contributed by atoms with van der Waals surface area (Å²) < 4.78 is 53.8. The van der Waals surface area contributed by atoms with Crippen LogP contribution < -0.4 is 16.3 Å². The Balaban J connectivity index is 1.12. The number of likely N-dealkylation sites (N-methyl/N-ethyl adjacent to an activating group) is 1. The van der Waals surface area contributed by atoms with Crippen LogP contribution in [0.2, 0.25) is 5.02 Å². The van der Waals surface area contributed by atoms with Gasteiger partial charge in [-0.2, -0.15) is 13.2 Å². The van der Waals surface area contributed by atoms with Crippen molar-refractivity contribution in [3.8, 4) is 11.4 Å². The van der Waals surface area contributed by atoms with Crippen molar-refractivity contribution >= 4 is 47.0 Å². The summed E-state index contributed by atoms with van der Waals surface area (Å²) >= 11 is 6.10. The first kappa shape index (κ1) is 41.5.